The Morgan fingerprint density at radius 3 is 2.44 bits per heavy atom. The monoisotopic (exact) mass is 344 g/mol. The van der Waals surface area contributed by atoms with Gasteiger partial charge in [0.15, 0.2) is 0 Å². The van der Waals surface area contributed by atoms with Gasteiger partial charge in [0.1, 0.15) is 6.04 Å². The van der Waals surface area contributed by atoms with E-state index < -0.39 is 0 Å². The topological polar surface area (TPSA) is 38.8 Å². The van der Waals surface area contributed by atoms with E-state index in [2.05, 4.69) is 51.2 Å². The Morgan fingerprint density at radius 1 is 1.16 bits per heavy atom. The van der Waals surface area contributed by atoms with E-state index in [0.29, 0.717) is 5.92 Å². The summed E-state index contributed by atoms with van der Waals surface area (Å²) in [6.07, 6.45) is 2.36. The van der Waals surface area contributed by atoms with E-state index in [1.165, 1.54) is 12.1 Å². The van der Waals surface area contributed by atoms with Gasteiger partial charge in [-0.1, -0.05) is 19.1 Å². The minimum atomic E-state index is -0.149. The molecular formula is C20H32N4O. The number of benzene rings is 1. The molecule has 2 saturated heterocycles. The number of nitrogens with zero attached hydrogens (tertiary/aromatic N) is 3. The summed E-state index contributed by atoms with van der Waals surface area (Å²) in [5.41, 5.74) is 2.29. The van der Waals surface area contributed by atoms with Gasteiger partial charge in [-0.25, -0.2) is 0 Å². The molecule has 5 heteroatoms. The number of piperazine rings is 1. The van der Waals surface area contributed by atoms with Crippen LogP contribution >= 0.6 is 0 Å². The summed E-state index contributed by atoms with van der Waals surface area (Å²) in [7, 11) is 4.09. The van der Waals surface area contributed by atoms with Gasteiger partial charge in [-0.3, -0.25) is 9.69 Å². The minimum absolute atomic E-state index is 0.149. The molecule has 1 aromatic carbocycles. The Morgan fingerprint density at radius 2 is 1.84 bits per heavy atom. The van der Waals surface area contributed by atoms with E-state index in [1.807, 2.05) is 14.1 Å². The molecule has 1 N–H and O–H groups in total. The zero-order valence-corrected chi connectivity index (χ0v) is 15.9. The molecule has 138 valence electrons. The Kier molecular flexibility index (Phi) is 5.97. The van der Waals surface area contributed by atoms with Gasteiger partial charge in [0, 0.05) is 59.1 Å². The van der Waals surface area contributed by atoms with Crippen molar-refractivity contribution in [2.75, 3.05) is 58.3 Å². The van der Waals surface area contributed by atoms with Crippen molar-refractivity contribution in [2.45, 2.75) is 25.8 Å². The fourth-order valence-electron chi connectivity index (χ4n) is 3.97. The van der Waals surface area contributed by atoms with Gasteiger partial charge in [0.25, 0.3) is 0 Å². The van der Waals surface area contributed by atoms with Crippen LogP contribution in [0.3, 0.4) is 0 Å². The molecule has 5 nitrogen and oxygen atoms in total. The van der Waals surface area contributed by atoms with Gasteiger partial charge in [0.05, 0.1) is 0 Å². The average molecular weight is 345 g/mol. The van der Waals surface area contributed by atoms with Gasteiger partial charge in [-0.15, -0.1) is 0 Å². The smallest absolute Gasteiger partial charge is 0.244 e. The first kappa shape index (κ1) is 18.2. The second-order valence-corrected chi connectivity index (χ2v) is 7.71. The first-order valence-corrected chi connectivity index (χ1v) is 9.57. The minimum Gasteiger partial charge on any atom is -0.378 e. The number of amides is 1. The van der Waals surface area contributed by atoms with Crippen LogP contribution in [0.2, 0.25) is 0 Å². The lowest BCUT2D eigenvalue weighted by Gasteiger charge is -2.39. The van der Waals surface area contributed by atoms with Gasteiger partial charge < -0.3 is 15.1 Å². The molecule has 2 unspecified atom stereocenters. The maximum Gasteiger partial charge on any atom is 0.244 e. The van der Waals surface area contributed by atoms with Crippen molar-refractivity contribution in [1.82, 2.24) is 15.1 Å². The molecular weight excluding hydrogens is 312 g/mol. The third-order valence-electron chi connectivity index (χ3n) is 5.44. The summed E-state index contributed by atoms with van der Waals surface area (Å²) in [4.78, 5) is 20.0. The van der Waals surface area contributed by atoms with Gasteiger partial charge in [-0.05, 0) is 36.5 Å². The van der Waals surface area contributed by atoms with Crippen molar-refractivity contribution in [3.8, 4) is 0 Å². The predicted molar refractivity (Wildman–Crippen MR) is 103 cm³/mol. The number of carbonyl (C=O) groups is 1. The van der Waals surface area contributed by atoms with Crippen molar-refractivity contribution < 1.29 is 4.79 Å². The first-order valence-electron chi connectivity index (χ1n) is 9.57. The average Bonchev–Trinajstić information content (AvgIpc) is 2.63. The van der Waals surface area contributed by atoms with Crippen molar-refractivity contribution in [2.24, 2.45) is 5.92 Å². The van der Waals surface area contributed by atoms with Crippen LogP contribution in [0.5, 0.6) is 0 Å². The molecule has 0 saturated carbocycles. The fraction of sp³-hybridized carbons (Fsp3) is 0.650. The zero-order chi connectivity index (χ0) is 17.8. The van der Waals surface area contributed by atoms with Crippen molar-refractivity contribution >= 4 is 11.6 Å². The van der Waals surface area contributed by atoms with Crippen molar-refractivity contribution in [3.05, 3.63) is 29.8 Å². The molecule has 1 amide bonds. The van der Waals surface area contributed by atoms with Crippen LogP contribution < -0.4 is 10.2 Å². The largest absolute Gasteiger partial charge is 0.378 e. The number of hydrogen-bond acceptors (Lipinski definition) is 4. The van der Waals surface area contributed by atoms with Crippen LogP contribution in [0.1, 0.15) is 31.4 Å². The van der Waals surface area contributed by atoms with Crippen molar-refractivity contribution in [3.63, 3.8) is 0 Å². The number of carbonyl (C=O) groups excluding carboxylic acids is 1. The Labute approximate surface area is 152 Å². The van der Waals surface area contributed by atoms with Crippen LogP contribution in [0.4, 0.5) is 5.69 Å². The number of anilines is 1. The quantitative estimate of drug-likeness (QED) is 0.906. The summed E-state index contributed by atoms with van der Waals surface area (Å²) < 4.78 is 0. The number of likely N-dealkylation sites (tertiary alicyclic amines) is 1. The SMILES string of the molecule is CC1CCCN(C(=O)C(c2ccc(N(C)C)cc2)N2CCNCC2)C1. The molecule has 3 rings (SSSR count). The Hall–Kier alpha value is -1.59. The fourth-order valence-corrected chi connectivity index (χ4v) is 3.97. The highest BCUT2D eigenvalue weighted by Crippen LogP contribution is 2.28. The molecule has 0 bridgehead atoms. The number of hydrogen-bond donors (Lipinski definition) is 1. The first-order chi connectivity index (χ1) is 12.1. The second-order valence-electron chi connectivity index (χ2n) is 7.71. The summed E-state index contributed by atoms with van der Waals surface area (Å²) in [5.74, 6) is 0.892. The van der Waals surface area contributed by atoms with Gasteiger partial charge in [0.2, 0.25) is 5.91 Å². The molecule has 2 aliphatic heterocycles. The number of piperidine rings is 1. The second kappa shape index (κ2) is 8.19. The van der Waals surface area contributed by atoms with Gasteiger partial charge in [-0.2, -0.15) is 0 Å². The third kappa shape index (κ3) is 4.33. The highest BCUT2D eigenvalue weighted by atomic mass is 16.2. The molecule has 2 aliphatic rings. The number of rotatable bonds is 4. The van der Waals surface area contributed by atoms with E-state index in [1.54, 1.807) is 0 Å². The van der Waals surface area contributed by atoms with Gasteiger partial charge >= 0.3 is 0 Å². The molecule has 0 spiro atoms. The molecule has 2 atom stereocenters. The highest BCUT2D eigenvalue weighted by molar-refractivity contribution is 5.83. The van der Waals surface area contributed by atoms with Crippen LogP contribution in [-0.2, 0) is 4.79 Å². The van der Waals surface area contributed by atoms with Crippen LogP contribution in [-0.4, -0.2) is 69.1 Å². The highest BCUT2D eigenvalue weighted by Gasteiger charge is 2.33. The molecule has 0 aliphatic carbocycles. The predicted octanol–water partition coefficient (Wildman–Crippen LogP) is 1.96. The standard InChI is InChI=1S/C20H32N4O/c1-16-5-4-12-24(15-16)20(25)19(23-13-10-21-11-14-23)17-6-8-18(9-7-17)22(2)3/h6-9,16,19,21H,4-5,10-15H2,1-3H3. The van der Waals surface area contributed by atoms with E-state index >= 15 is 0 Å². The zero-order valence-electron chi connectivity index (χ0n) is 15.9. The molecule has 0 aromatic heterocycles. The molecule has 2 heterocycles. The Bertz CT molecular complexity index is 566. The summed E-state index contributed by atoms with van der Waals surface area (Å²) in [5, 5.41) is 3.40. The van der Waals surface area contributed by atoms with Crippen LogP contribution in [0, 0.1) is 5.92 Å². The maximum atomic E-state index is 13.4. The lowest BCUT2D eigenvalue weighted by molar-refractivity contribution is -0.139. The molecule has 2 fully saturated rings. The maximum absolute atomic E-state index is 13.4. The molecule has 1 aromatic rings. The lowest BCUT2D eigenvalue weighted by Crippen LogP contribution is -2.51. The van der Waals surface area contributed by atoms with Crippen LogP contribution in [0.15, 0.2) is 24.3 Å². The number of nitrogens with one attached hydrogen (secondary N) is 1. The van der Waals surface area contributed by atoms with Crippen molar-refractivity contribution in [1.29, 1.82) is 0 Å². The van der Waals surface area contributed by atoms with E-state index in [9.17, 15) is 4.79 Å². The summed E-state index contributed by atoms with van der Waals surface area (Å²) >= 11 is 0. The lowest BCUT2D eigenvalue weighted by atomic mass is 9.97. The van der Waals surface area contributed by atoms with E-state index in [4.69, 9.17) is 0 Å². The van der Waals surface area contributed by atoms with E-state index in [0.717, 1.165) is 51.3 Å². The third-order valence-corrected chi connectivity index (χ3v) is 5.44. The van der Waals surface area contributed by atoms with Crippen LogP contribution in [0.25, 0.3) is 0 Å². The molecule has 25 heavy (non-hydrogen) atoms. The normalized spacial score (nSPS) is 23.3. The van der Waals surface area contributed by atoms with E-state index in [-0.39, 0.29) is 11.9 Å². The summed E-state index contributed by atoms with van der Waals surface area (Å²) in [6, 6.07) is 8.36. The molecule has 0 radical (unpaired) electrons. The Balaban J connectivity index is 1.84. The summed E-state index contributed by atoms with van der Waals surface area (Å²) in [6.45, 7) is 7.82.